The van der Waals surface area contributed by atoms with Crippen LogP contribution in [0.25, 0.3) is 11.1 Å². The molecule has 1 unspecified atom stereocenters. The van der Waals surface area contributed by atoms with Gasteiger partial charge in [-0.05, 0) is 147 Å². The third-order valence-corrected chi connectivity index (χ3v) is 13.2. The van der Waals surface area contributed by atoms with Crippen molar-refractivity contribution < 1.29 is 26.3 Å². The zero-order valence-electron chi connectivity index (χ0n) is 29.6. The minimum atomic E-state index is -3.70. The van der Waals surface area contributed by atoms with E-state index in [1.54, 1.807) is 72.8 Å². The van der Waals surface area contributed by atoms with Crippen LogP contribution in [0.1, 0.15) is 45.2 Å². The molecular formula is C43H38Cl2O6S2. The molecule has 0 saturated carbocycles. The Morgan fingerprint density at radius 2 is 0.830 bits per heavy atom. The highest BCUT2D eigenvalue weighted by Crippen LogP contribution is 2.35. The standard InChI is InChI=1S/C43H38Cl2O6S2/c1-5-43(4,33-12-24-39(25-13-33)52(46,47)40-26-14-34(44)15-27-40)51-37-18-8-31(9-19-37)30-6-16-35(17-7-30)50-36-20-28-41(29-21-36)53(48,49)38-22-10-32(11-23-38)42(2,3)45/h6-29H,5H2,1-4H3. The van der Waals surface area contributed by atoms with Crippen molar-refractivity contribution in [2.45, 2.75) is 64.2 Å². The molecule has 0 N–H and O–H groups in total. The Balaban J connectivity index is 1.09. The van der Waals surface area contributed by atoms with Gasteiger partial charge in [-0.1, -0.05) is 67.1 Å². The molecule has 0 aliphatic carbocycles. The molecule has 0 heterocycles. The first kappa shape index (κ1) is 38.1. The first-order valence-corrected chi connectivity index (χ1v) is 20.6. The lowest BCUT2D eigenvalue weighted by Crippen LogP contribution is -2.28. The normalized spacial score (nSPS) is 13.2. The molecule has 272 valence electrons. The van der Waals surface area contributed by atoms with E-state index < -0.39 is 30.1 Å². The Bertz CT molecular complexity index is 2410. The molecule has 0 saturated heterocycles. The van der Waals surface area contributed by atoms with Gasteiger partial charge in [0.05, 0.1) is 24.5 Å². The molecule has 0 amide bonds. The van der Waals surface area contributed by atoms with Crippen molar-refractivity contribution in [3.8, 4) is 28.4 Å². The second-order valence-corrected chi connectivity index (χ2v) is 18.6. The van der Waals surface area contributed by atoms with Crippen LogP contribution in [0.4, 0.5) is 0 Å². The zero-order chi connectivity index (χ0) is 38.0. The van der Waals surface area contributed by atoms with E-state index in [1.165, 1.54) is 24.3 Å². The van der Waals surface area contributed by atoms with Crippen molar-refractivity contribution in [1.82, 2.24) is 0 Å². The number of hydrogen-bond acceptors (Lipinski definition) is 6. The van der Waals surface area contributed by atoms with Crippen LogP contribution in [-0.2, 0) is 30.1 Å². The molecule has 0 bridgehead atoms. The fourth-order valence-corrected chi connectivity index (χ4v) is 8.53. The summed E-state index contributed by atoms with van der Waals surface area (Å²) in [7, 11) is -7.39. The molecule has 0 spiro atoms. The molecule has 6 nitrogen and oxygen atoms in total. The van der Waals surface area contributed by atoms with E-state index in [2.05, 4.69) is 0 Å². The maximum atomic E-state index is 13.2. The van der Waals surface area contributed by atoms with E-state index in [9.17, 15) is 16.8 Å². The zero-order valence-corrected chi connectivity index (χ0v) is 32.7. The van der Waals surface area contributed by atoms with Crippen molar-refractivity contribution in [2.24, 2.45) is 0 Å². The lowest BCUT2D eigenvalue weighted by Gasteiger charge is -2.30. The number of alkyl halides is 1. The first-order chi connectivity index (χ1) is 25.1. The van der Waals surface area contributed by atoms with E-state index in [0.29, 0.717) is 28.7 Å². The Hall–Kier alpha value is -4.60. The largest absolute Gasteiger partial charge is 0.483 e. The molecule has 6 aromatic carbocycles. The summed E-state index contributed by atoms with van der Waals surface area (Å²) in [5.74, 6) is 1.79. The Labute approximate surface area is 321 Å². The van der Waals surface area contributed by atoms with Crippen LogP contribution in [0.15, 0.2) is 165 Å². The van der Waals surface area contributed by atoms with E-state index in [0.717, 1.165) is 22.3 Å². The van der Waals surface area contributed by atoms with Crippen LogP contribution in [0, 0.1) is 0 Å². The molecule has 0 radical (unpaired) electrons. The third-order valence-electron chi connectivity index (χ3n) is 9.18. The number of ether oxygens (including phenoxy) is 2. The number of halogens is 2. The van der Waals surface area contributed by atoms with Gasteiger partial charge in [0.15, 0.2) is 0 Å². The van der Waals surface area contributed by atoms with Crippen LogP contribution in [0.3, 0.4) is 0 Å². The molecule has 53 heavy (non-hydrogen) atoms. The van der Waals surface area contributed by atoms with Crippen LogP contribution in [0.5, 0.6) is 17.2 Å². The summed E-state index contributed by atoms with van der Waals surface area (Å²) in [6, 6.07) is 41.3. The number of sulfone groups is 2. The van der Waals surface area contributed by atoms with Gasteiger partial charge in [-0.15, -0.1) is 11.6 Å². The van der Waals surface area contributed by atoms with Crippen LogP contribution in [0.2, 0.25) is 5.02 Å². The van der Waals surface area contributed by atoms with Crippen LogP contribution >= 0.6 is 23.2 Å². The summed E-state index contributed by atoms with van der Waals surface area (Å²) in [5.41, 5.74) is 2.95. The third kappa shape index (κ3) is 8.47. The highest BCUT2D eigenvalue weighted by Gasteiger charge is 2.28. The van der Waals surface area contributed by atoms with Crippen molar-refractivity contribution in [2.75, 3.05) is 0 Å². The smallest absolute Gasteiger partial charge is 0.206 e. The number of rotatable bonds is 12. The van der Waals surface area contributed by atoms with Gasteiger partial charge in [0.1, 0.15) is 22.8 Å². The molecular weight excluding hydrogens is 748 g/mol. The van der Waals surface area contributed by atoms with Gasteiger partial charge >= 0.3 is 0 Å². The average molecular weight is 786 g/mol. The first-order valence-electron chi connectivity index (χ1n) is 16.9. The Morgan fingerprint density at radius 1 is 0.491 bits per heavy atom. The Kier molecular flexibility index (Phi) is 10.8. The maximum absolute atomic E-state index is 13.2. The van der Waals surface area contributed by atoms with Crippen LogP contribution in [-0.4, -0.2) is 16.8 Å². The van der Waals surface area contributed by atoms with Crippen molar-refractivity contribution >= 4 is 42.9 Å². The molecule has 1 atom stereocenters. The fraction of sp³-hybridized carbons (Fsp3) is 0.163. The van der Waals surface area contributed by atoms with Gasteiger partial charge in [-0.25, -0.2) is 16.8 Å². The SMILES string of the molecule is CCC(C)(Oc1ccc(-c2ccc(Oc3ccc(S(=O)(=O)c4ccc(C(C)(C)Cl)cc4)cc3)cc2)cc1)c1ccc(S(=O)(=O)c2ccc(Cl)cc2)cc1. The molecule has 0 aliphatic rings. The minimum absolute atomic E-state index is 0.170. The quantitative estimate of drug-likeness (QED) is 0.115. The van der Waals surface area contributed by atoms with Gasteiger partial charge in [0, 0.05) is 5.02 Å². The highest BCUT2D eigenvalue weighted by molar-refractivity contribution is 7.91. The number of benzene rings is 6. The molecule has 6 rings (SSSR count). The molecule has 6 aromatic rings. The van der Waals surface area contributed by atoms with Crippen molar-refractivity contribution in [3.63, 3.8) is 0 Å². The second-order valence-electron chi connectivity index (χ2n) is 13.3. The monoisotopic (exact) mass is 784 g/mol. The maximum Gasteiger partial charge on any atom is 0.206 e. The second kappa shape index (κ2) is 15.0. The average Bonchev–Trinajstić information content (AvgIpc) is 3.15. The lowest BCUT2D eigenvalue weighted by atomic mass is 9.93. The Morgan fingerprint density at radius 3 is 1.23 bits per heavy atom. The predicted octanol–water partition coefficient (Wildman–Crippen LogP) is 11.6. The van der Waals surface area contributed by atoms with E-state index >= 15 is 0 Å². The summed E-state index contributed by atoms with van der Waals surface area (Å²) in [5, 5.41) is 0.472. The van der Waals surface area contributed by atoms with E-state index in [-0.39, 0.29) is 19.6 Å². The predicted molar refractivity (Wildman–Crippen MR) is 211 cm³/mol. The van der Waals surface area contributed by atoms with Gasteiger partial charge < -0.3 is 9.47 Å². The topological polar surface area (TPSA) is 86.7 Å². The molecule has 0 aromatic heterocycles. The van der Waals surface area contributed by atoms with Crippen molar-refractivity contribution in [1.29, 1.82) is 0 Å². The number of hydrogen-bond donors (Lipinski definition) is 0. The van der Waals surface area contributed by atoms with Crippen LogP contribution < -0.4 is 9.47 Å². The molecule has 0 fully saturated rings. The summed E-state index contributed by atoms with van der Waals surface area (Å²) in [6.07, 6.45) is 0.652. The van der Waals surface area contributed by atoms with E-state index in [1.807, 2.05) is 76.2 Å². The van der Waals surface area contributed by atoms with E-state index in [4.69, 9.17) is 32.7 Å². The van der Waals surface area contributed by atoms with Gasteiger partial charge in [-0.3, -0.25) is 0 Å². The van der Waals surface area contributed by atoms with Gasteiger partial charge in [0.25, 0.3) is 0 Å². The summed E-state index contributed by atoms with van der Waals surface area (Å²) in [6.45, 7) is 7.72. The summed E-state index contributed by atoms with van der Waals surface area (Å²) >= 11 is 12.3. The highest BCUT2D eigenvalue weighted by atomic mass is 35.5. The summed E-state index contributed by atoms with van der Waals surface area (Å²) in [4.78, 5) is 0.151. The molecule has 0 aliphatic heterocycles. The van der Waals surface area contributed by atoms with Crippen molar-refractivity contribution in [3.05, 3.63) is 162 Å². The van der Waals surface area contributed by atoms with Gasteiger partial charge in [-0.2, -0.15) is 0 Å². The fourth-order valence-electron chi connectivity index (χ4n) is 5.75. The summed E-state index contributed by atoms with van der Waals surface area (Å²) < 4.78 is 65.1. The van der Waals surface area contributed by atoms with Gasteiger partial charge in [0.2, 0.25) is 19.7 Å². The minimum Gasteiger partial charge on any atom is -0.483 e. The molecule has 10 heteroatoms. The lowest BCUT2D eigenvalue weighted by molar-refractivity contribution is 0.0825.